The van der Waals surface area contributed by atoms with Crippen LogP contribution in [0.2, 0.25) is 0 Å². The predicted octanol–water partition coefficient (Wildman–Crippen LogP) is 3.15. The first-order valence-corrected chi connectivity index (χ1v) is 5.91. The number of rotatable bonds is 5. The first-order valence-electron chi connectivity index (χ1n) is 5.91. The van der Waals surface area contributed by atoms with Crippen LogP contribution in [0.25, 0.3) is 0 Å². The Labute approximate surface area is 102 Å². The van der Waals surface area contributed by atoms with Crippen molar-refractivity contribution in [2.24, 2.45) is 0 Å². The summed E-state index contributed by atoms with van der Waals surface area (Å²) in [4.78, 5) is 11.0. The van der Waals surface area contributed by atoms with Crippen molar-refractivity contribution in [2.75, 3.05) is 7.11 Å². The van der Waals surface area contributed by atoms with Crippen molar-refractivity contribution < 1.29 is 14.6 Å². The third kappa shape index (κ3) is 4.10. The molecule has 1 aromatic rings. The summed E-state index contributed by atoms with van der Waals surface area (Å²) in [6, 6.07) is 5.71. The van der Waals surface area contributed by atoms with Gasteiger partial charge in [0.2, 0.25) is 0 Å². The first-order chi connectivity index (χ1) is 8.04. The number of benzene rings is 1. The molecule has 1 unspecified atom stereocenters. The number of ether oxygens (including phenoxy) is 1. The van der Waals surface area contributed by atoms with Gasteiger partial charge in [0.1, 0.15) is 5.75 Å². The summed E-state index contributed by atoms with van der Waals surface area (Å²) in [5.41, 5.74) is 1.99. The Balaban J connectivity index is 2.52. The van der Waals surface area contributed by atoms with Crippen molar-refractivity contribution in [3.05, 3.63) is 29.3 Å². The van der Waals surface area contributed by atoms with Gasteiger partial charge in [-0.2, -0.15) is 0 Å². The number of esters is 1. The molecule has 3 heteroatoms. The fourth-order valence-electron chi connectivity index (χ4n) is 1.88. The van der Waals surface area contributed by atoms with Gasteiger partial charge < -0.3 is 9.84 Å². The molecule has 0 fully saturated rings. The molecule has 0 heterocycles. The van der Waals surface area contributed by atoms with E-state index in [1.54, 1.807) is 6.07 Å². The molecule has 0 bridgehead atoms. The van der Waals surface area contributed by atoms with Gasteiger partial charge in [-0.25, -0.2) is 0 Å². The number of carbonyl (C=O) groups is 1. The molecule has 0 aliphatic heterocycles. The Morgan fingerprint density at radius 3 is 2.76 bits per heavy atom. The molecule has 0 radical (unpaired) electrons. The summed E-state index contributed by atoms with van der Waals surface area (Å²) in [5, 5.41) is 9.82. The zero-order valence-electron chi connectivity index (χ0n) is 10.7. The van der Waals surface area contributed by atoms with E-state index in [0.29, 0.717) is 12.2 Å². The SMILES string of the molecule is COC(=O)CCCC(C)c1ccc(C)cc1O. The van der Waals surface area contributed by atoms with Crippen LogP contribution in [-0.2, 0) is 9.53 Å². The fraction of sp³-hybridized carbons (Fsp3) is 0.500. The Hall–Kier alpha value is -1.51. The van der Waals surface area contributed by atoms with E-state index in [1.807, 2.05) is 19.1 Å². The molecule has 0 spiro atoms. The second kappa shape index (κ2) is 6.28. The van der Waals surface area contributed by atoms with E-state index < -0.39 is 0 Å². The zero-order valence-corrected chi connectivity index (χ0v) is 10.7. The van der Waals surface area contributed by atoms with Gasteiger partial charge in [-0.3, -0.25) is 4.79 Å². The molecule has 0 aliphatic carbocycles. The molecule has 0 aromatic heterocycles. The largest absolute Gasteiger partial charge is 0.508 e. The molecule has 1 rings (SSSR count). The van der Waals surface area contributed by atoms with Crippen LogP contribution in [0.4, 0.5) is 0 Å². The van der Waals surface area contributed by atoms with E-state index in [2.05, 4.69) is 11.7 Å². The standard InChI is InChI=1S/C14H20O3/c1-10-7-8-12(13(15)9-10)11(2)5-4-6-14(16)17-3/h7-9,11,15H,4-6H2,1-3H3. The Morgan fingerprint density at radius 1 is 1.47 bits per heavy atom. The van der Waals surface area contributed by atoms with Crippen LogP contribution >= 0.6 is 0 Å². The van der Waals surface area contributed by atoms with Crippen molar-refractivity contribution in [3.63, 3.8) is 0 Å². The second-order valence-electron chi connectivity index (χ2n) is 4.43. The third-order valence-electron chi connectivity index (χ3n) is 2.96. The summed E-state index contributed by atoms with van der Waals surface area (Å²) in [6.45, 7) is 4.01. The number of carbonyl (C=O) groups excluding carboxylic acids is 1. The summed E-state index contributed by atoms with van der Waals surface area (Å²) in [7, 11) is 1.40. The molecule has 17 heavy (non-hydrogen) atoms. The van der Waals surface area contributed by atoms with Crippen LogP contribution in [0.3, 0.4) is 0 Å². The van der Waals surface area contributed by atoms with Gasteiger partial charge in [0.15, 0.2) is 0 Å². The van der Waals surface area contributed by atoms with Crippen molar-refractivity contribution in [1.82, 2.24) is 0 Å². The number of hydrogen-bond acceptors (Lipinski definition) is 3. The van der Waals surface area contributed by atoms with Gasteiger partial charge >= 0.3 is 5.97 Å². The summed E-state index contributed by atoms with van der Waals surface area (Å²) >= 11 is 0. The molecular weight excluding hydrogens is 216 g/mol. The summed E-state index contributed by atoms with van der Waals surface area (Å²) in [5.74, 6) is 0.418. The highest BCUT2D eigenvalue weighted by molar-refractivity contribution is 5.69. The van der Waals surface area contributed by atoms with E-state index in [9.17, 15) is 9.90 Å². The number of phenolic OH excluding ortho intramolecular Hbond substituents is 1. The number of aromatic hydroxyl groups is 1. The highest BCUT2D eigenvalue weighted by Crippen LogP contribution is 2.29. The topological polar surface area (TPSA) is 46.5 Å². The quantitative estimate of drug-likeness (QED) is 0.799. The van der Waals surface area contributed by atoms with Crippen molar-refractivity contribution in [3.8, 4) is 5.75 Å². The van der Waals surface area contributed by atoms with Gasteiger partial charge in [-0.15, -0.1) is 0 Å². The minimum absolute atomic E-state index is 0.176. The number of phenols is 1. The first kappa shape index (κ1) is 13.6. The molecule has 3 nitrogen and oxygen atoms in total. The average Bonchev–Trinajstić information content (AvgIpc) is 2.28. The molecular formula is C14H20O3. The summed E-state index contributed by atoms with van der Waals surface area (Å²) in [6.07, 6.45) is 2.08. The molecule has 0 aliphatic rings. The number of aryl methyl sites for hydroxylation is 1. The third-order valence-corrected chi connectivity index (χ3v) is 2.96. The molecule has 0 saturated heterocycles. The smallest absolute Gasteiger partial charge is 0.305 e. The molecule has 1 atom stereocenters. The second-order valence-corrected chi connectivity index (χ2v) is 4.43. The maximum absolute atomic E-state index is 11.0. The minimum atomic E-state index is -0.176. The Kier molecular flexibility index (Phi) is 5.01. The van der Waals surface area contributed by atoms with Crippen LogP contribution in [-0.4, -0.2) is 18.2 Å². The zero-order chi connectivity index (χ0) is 12.8. The van der Waals surface area contributed by atoms with E-state index in [4.69, 9.17) is 0 Å². The maximum atomic E-state index is 11.0. The van der Waals surface area contributed by atoms with Crippen LogP contribution in [0.5, 0.6) is 5.75 Å². The lowest BCUT2D eigenvalue weighted by Crippen LogP contribution is -2.01. The molecule has 1 aromatic carbocycles. The van der Waals surface area contributed by atoms with E-state index in [1.165, 1.54) is 7.11 Å². The summed E-state index contributed by atoms with van der Waals surface area (Å²) < 4.78 is 4.59. The molecule has 1 N–H and O–H groups in total. The Bertz CT molecular complexity index is 385. The Morgan fingerprint density at radius 2 is 2.18 bits per heavy atom. The van der Waals surface area contributed by atoms with Gasteiger partial charge in [0, 0.05) is 6.42 Å². The highest BCUT2D eigenvalue weighted by atomic mass is 16.5. The molecule has 94 valence electrons. The maximum Gasteiger partial charge on any atom is 0.305 e. The predicted molar refractivity (Wildman–Crippen MR) is 67.1 cm³/mol. The van der Waals surface area contributed by atoms with Crippen LogP contribution in [0.1, 0.15) is 43.2 Å². The highest BCUT2D eigenvalue weighted by Gasteiger charge is 2.11. The average molecular weight is 236 g/mol. The van der Waals surface area contributed by atoms with Crippen LogP contribution in [0, 0.1) is 6.92 Å². The van der Waals surface area contributed by atoms with E-state index in [0.717, 1.165) is 24.0 Å². The van der Waals surface area contributed by atoms with E-state index >= 15 is 0 Å². The van der Waals surface area contributed by atoms with Crippen LogP contribution in [0.15, 0.2) is 18.2 Å². The lowest BCUT2D eigenvalue weighted by Gasteiger charge is -2.13. The molecule has 0 amide bonds. The number of methoxy groups -OCH3 is 1. The van der Waals surface area contributed by atoms with Crippen molar-refractivity contribution in [1.29, 1.82) is 0 Å². The number of hydrogen-bond donors (Lipinski definition) is 1. The lowest BCUT2D eigenvalue weighted by atomic mass is 9.94. The van der Waals surface area contributed by atoms with Crippen molar-refractivity contribution in [2.45, 2.75) is 39.0 Å². The lowest BCUT2D eigenvalue weighted by molar-refractivity contribution is -0.140. The normalized spacial score (nSPS) is 12.2. The minimum Gasteiger partial charge on any atom is -0.508 e. The van der Waals surface area contributed by atoms with Gasteiger partial charge in [-0.1, -0.05) is 19.1 Å². The van der Waals surface area contributed by atoms with Gasteiger partial charge in [0.05, 0.1) is 7.11 Å². The van der Waals surface area contributed by atoms with Crippen LogP contribution < -0.4 is 0 Å². The monoisotopic (exact) mass is 236 g/mol. The van der Waals surface area contributed by atoms with Gasteiger partial charge in [-0.05, 0) is 42.9 Å². The van der Waals surface area contributed by atoms with E-state index in [-0.39, 0.29) is 11.9 Å². The van der Waals surface area contributed by atoms with Gasteiger partial charge in [0.25, 0.3) is 0 Å². The molecule has 0 saturated carbocycles. The fourth-order valence-corrected chi connectivity index (χ4v) is 1.88. The van der Waals surface area contributed by atoms with Crippen molar-refractivity contribution >= 4 is 5.97 Å².